The lowest BCUT2D eigenvalue weighted by Crippen LogP contribution is -2.32. The first-order chi connectivity index (χ1) is 4.16. The van der Waals surface area contributed by atoms with Gasteiger partial charge in [0, 0.05) is 17.4 Å². The second kappa shape index (κ2) is 5.35. The molecule has 2 nitrogen and oxygen atoms in total. The Balaban J connectivity index is 3.15. The van der Waals surface area contributed by atoms with Crippen molar-refractivity contribution in [3.8, 4) is 0 Å². The molecule has 0 rings (SSSR count). The molecule has 0 saturated heterocycles. The smallest absolute Gasteiger partial charge is 0.139 e. The van der Waals surface area contributed by atoms with Gasteiger partial charge in [0.05, 0.1) is 5.88 Å². The molecule has 1 N–H and O–H groups in total. The lowest BCUT2D eigenvalue weighted by Gasteiger charge is -2.11. The molecule has 0 bridgehead atoms. The van der Waals surface area contributed by atoms with Gasteiger partial charge in [0.2, 0.25) is 0 Å². The maximum atomic E-state index is 10.8. The topological polar surface area (TPSA) is 35.1 Å². The quantitative estimate of drug-likeness (QED) is 0.501. The van der Waals surface area contributed by atoms with Crippen molar-refractivity contribution in [2.45, 2.75) is 19.9 Å². The third-order valence-electron chi connectivity index (χ3n) is 0.630. The highest BCUT2D eigenvalue weighted by atomic mass is 35.5. The van der Waals surface area contributed by atoms with Crippen LogP contribution in [0.25, 0.3) is 0 Å². The largest absolute Gasteiger partial charge is 0.598 e. The highest BCUT2D eigenvalue weighted by Crippen LogP contribution is 1.89. The Morgan fingerprint density at radius 1 is 1.67 bits per heavy atom. The summed E-state index contributed by atoms with van der Waals surface area (Å²) in [5, 5.41) is 0. The molecule has 0 aliphatic rings. The van der Waals surface area contributed by atoms with Crippen molar-refractivity contribution in [2.75, 3.05) is 11.6 Å². The molecular formula is C5H12ClNOS. The van der Waals surface area contributed by atoms with Crippen molar-refractivity contribution in [3.05, 3.63) is 0 Å². The number of nitrogens with one attached hydrogen (secondary N) is 1. The minimum absolute atomic E-state index is 0.272. The van der Waals surface area contributed by atoms with Gasteiger partial charge in [-0.3, -0.25) is 0 Å². The van der Waals surface area contributed by atoms with Gasteiger partial charge >= 0.3 is 0 Å². The Hall–Kier alpha value is 0.560. The second-order valence-corrected chi connectivity index (χ2v) is 3.72. The Bertz CT molecular complexity index is 72.0. The fourth-order valence-electron chi connectivity index (χ4n) is 0.392. The molecule has 0 aromatic carbocycles. The molecule has 0 saturated carbocycles. The molecule has 1 atom stereocenters. The van der Waals surface area contributed by atoms with Crippen molar-refractivity contribution >= 4 is 23.0 Å². The molecule has 0 spiro atoms. The van der Waals surface area contributed by atoms with E-state index in [9.17, 15) is 4.55 Å². The van der Waals surface area contributed by atoms with Gasteiger partial charge in [0.1, 0.15) is 5.75 Å². The summed E-state index contributed by atoms with van der Waals surface area (Å²) in [7, 11) is 0. The van der Waals surface area contributed by atoms with Crippen molar-refractivity contribution in [1.29, 1.82) is 0 Å². The van der Waals surface area contributed by atoms with Crippen LogP contribution in [0.15, 0.2) is 0 Å². The predicted octanol–water partition coefficient (Wildman–Crippen LogP) is 0.887. The highest BCUT2D eigenvalue weighted by molar-refractivity contribution is 7.89. The van der Waals surface area contributed by atoms with Gasteiger partial charge in [-0.25, -0.2) is 0 Å². The zero-order valence-corrected chi connectivity index (χ0v) is 7.26. The maximum Gasteiger partial charge on any atom is 0.139 e. The molecule has 0 aliphatic heterocycles. The first kappa shape index (κ1) is 9.56. The first-order valence-corrected chi connectivity index (χ1v) is 4.72. The summed E-state index contributed by atoms with van der Waals surface area (Å²) in [5.74, 6) is 0.978. The van der Waals surface area contributed by atoms with E-state index in [1.807, 2.05) is 13.8 Å². The highest BCUT2D eigenvalue weighted by Gasteiger charge is 2.05. The molecule has 0 aromatic rings. The SMILES string of the molecule is CC(C)N[S+]([O-])CCCl. The first-order valence-electron chi connectivity index (χ1n) is 2.87. The van der Waals surface area contributed by atoms with Crippen LogP contribution in [0.2, 0.25) is 0 Å². The molecule has 0 amide bonds. The van der Waals surface area contributed by atoms with Gasteiger partial charge in [-0.15, -0.1) is 16.3 Å². The van der Waals surface area contributed by atoms with Crippen LogP contribution in [-0.4, -0.2) is 22.2 Å². The van der Waals surface area contributed by atoms with Crippen LogP contribution in [0.5, 0.6) is 0 Å². The molecule has 0 radical (unpaired) electrons. The van der Waals surface area contributed by atoms with Crippen molar-refractivity contribution in [1.82, 2.24) is 4.72 Å². The van der Waals surface area contributed by atoms with E-state index in [2.05, 4.69) is 4.72 Å². The molecule has 0 aliphatic carbocycles. The zero-order valence-electron chi connectivity index (χ0n) is 5.69. The molecule has 0 fully saturated rings. The van der Waals surface area contributed by atoms with Crippen LogP contribution in [0.3, 0.4) is 0 Å². The minimum atomic E-state index is -0.932. The second-order valence-electron chi connectivity index (χ2n) is 2.01. The summed E-state index contributed by atoms with van der Waals surface area (Å²) in [4.78, 5) is 0. The average molecular weight is 170 g/mol. The van der Waals surface area contributed by atoms with E-state index in [4.69, 9.17) is 11.6 Å². The fraction of sp³-hybridized carbons (Fsp3) is 1.00. The summed E-state index contributed by atoms with van der Waals surface area (Å²) in [5.41, 5.74) is 0. The number of hydrogen-bond donors (Lipinski definition) is 1. The lowest BCUT2D eigenvalue weighted by molar-refractivity contribution is 0.570. The van der Waals surface area contributed by atoms with Crippen LogP contribution < -0.4 is 4.72 Å². The van der Waals surface area contributed by atoms with Gasteiger partial charge < -0.3 is 4.55 Å². The monoisotopic (exact) mass is 169 g/mol. The summed E-state index contributed by atoms with van der Waals surface area (Å²) >= 11 is 4.41. The van der Waals surface area contributed by atoms with E-state index >= 15 is 0 Å². The maximum absolute atomic E-state index is 10.8. The zero-order chi connectivity index (χ0) is 7.28. The van der Waals surface area contributed by atoms with E-state index in [0.717, 1.165) is 0 Å². The third kappa shape index (κ3) is 6.45. The van der Waals surface area contributed by atoms with Crippen molar-refractivity contribution in [3.63, 3.8) is 0 Å². The number of rotatable bonds is 4. The molecule has 0 aromatic heterocycles. The van der Waals surface area contributed by atoms with E-state index in [0.29, 0.717) is 11.6 Å². The number of alkyl halides is 1. The van der Waals surface area contributed by atoms with Crippen LogP contribution in [0.4, 0.5) is 0 Å². The van der Waals surface area contributed by atoms with E-state index in [1.54, 1.807) is 0 Å². The fourth-order valence-corrected chi connectivity index (χ4v) is 1.60. The van der Waals surface area contributed by atoms with Gasteiger partial charge in [0.25, 0.3) is 0 Å². The molecule has 1 unspecified atom stereocenters. The normalized spacial score (nSPS) is 14.3. The third-order valence-corrected chi connectivity index (χ3v) is 2.35. The molecule has 9 heavy (non-hydrogen) atoms. The minimum Gasteiger partial charge on any atom is -0.598 e. The van der Waals surface area contributed by atoms with Crippen LogP contribution >= 0.6 is 11.6 Å². The Morgan fingerprint density at radius 3 is 2.56 bits per heavy atom. The summed E-state index contributed by atoms with van der Waals surface area (Å²) < 4.78 is 13.6. The predicted molar refractivity (Wildman–Crippen MR) is 42.0 cm³/mol. The van der Waals surface area contributed by atoms with Crippen molar-refractivity contribution < 1.29 is 4.55 Å². The van der Waals surface area contributed by atoms with E-state index in [-0.39, 0.29) is 6.04 Å². The van der Waals surface area contributed by atoms with Crippen molar-refractivity contribution in [2.24, 2.45) is 0 Å². The molecular weight excluding hydrogens is 158 g/mol. The Kier molecular flexibility index (Phi) is 5.69. The van der Waals surface area contributed by atoms with E-state index in [1.165, 1.54) is 0 Å². The van der Waals surface area contributed by atoms with Crippen LogP contribution in [0.1, 0.15) is 13.8 Å². The number of halogens is 1. The lowest BCUT2D eigenvalue weighted by atomic mass is 10.4. The van der Waals surface area contributed by atoms with E-state index < -0.39 is 11.4 Å². The van der Waals surface area contributed by atoms with Gasteiger partial charge in [-0.05, 0) is 13.8 Å². The van der Waals surface area contributed by atoms with Crippen LogP contribution in [0, 0.1) is 0 Å². The summed E-state index contributed by atoms with van der Waals surface area (Å²) in [6, 6.07) is 0.272. The van der Waals surface area contributed by atoms with Gasteiger partial charge in [-0.2, -0.15) is 0 Å². The molecule has 56 valence electrons. The Labute approximate surface area is 64.3 Å². The average Bonchev–Trinajstić information content (AvgIpc) is 1.63. The standard InChI is InChI=1S/C5H12ClNOS/c1-5(2)7-9(8)4-3-6/h5,7H,3-4H2,1-2H3. The van der Waals surface area contributed by atoms with Gasteiger partial charge in [-0.1, -0.05) is 0 Å². The molecule has 0 heterocycles. The van der Waals surface area contributed by atoms with Crippen LogP contribution in [-0.2, 0) is 11.4 Å². The Morgan fingerprint density at radius 2 is 2.22 bits per heavy atom. The number of hydrogen-bond acceptors (Lipinski definition) is 2. The molecule has 4 heteroatoms. The summed E-state index contributed by atoms with van der Waals surface area (Å²) in [6.07, 6.45) is 0. The summed E-state index contributed by atoms with van der Waals surface area (Å²) in [6.45, 7) is 3.90. The van der Waals surface area contributed by atoms with Gasteiger partial charge in [0.15, 0.2) is 0 Å².